The zero-order valence-corrected chi connectivity index (χ0v) is 17.5. The van der Waals surface area contributed by atoms with Crippen molar-refractivity contribution in [3.8, 4) is 0 Å². The predicted octanol–water partition coefficient (Wildman–Crippen LogP) is 8.93. The van der Waals surface area contributed by atoms with Crippen molar-refractivity contribution in [3.05, 3.63) is 40.7 Å². The summed E-state index contributed by atoms with van der Waals surface area (Å²) in [6.45, 7) is 0. The molecule has 0 saturated carbocycles. The lowest BCUT2D eigenvalue weighted by Gasteiger charge is -2.42. The van der Waals surface area contributed by atoms with Crippen molar-refractivity contribution >= 4 is 5.76 Å². The lowest BCUT2D eigenvalue weighted by atomic mass is 9.90. The molecule has 0 atom stereocenters. The van der Waals surface area contributed by atoms with E-state index in [4.69, 9.17) is 0 Å². The highest BCUT2D eigenvalue weighted by Gasteiger charge is 2.95. The molecule has 1 rings (SSSR count). The van der Waals surface area contributed by atoms with E-state index < -0.39 is 94.3 Å². The molecular weight excluding hydrogens is 664 g/mol. The van der Waals surface area contributed by atoms with E-state index in [0.29, 0.717) is 0 Å². The van der Waals surface area contributed by atoms with Gasteiger partial charge in [0.2, 0.25) is 11.6 Å². The maximum absolute atomic E-state index is 13.8. The van der Waals surface area contributed by atoms with Gasteiger partial charge in [-0.15, -0.1) is 0 Å². The minimum absolute atomic E-state index is 2.00. The number of ether oxygens (including phenoxy) is 1. The molecule has 0 unspecified atom stereocenters. The third-order valence-corrected chi connectivity index (χ3v) is 4.53. The Hall–Kier alpha value is -2.92. The van der Waals surface area contributed by atoms with E-state index in [2.05, 4.69) is 0 Å². The molecule has 1 nitrogen and oxygen atoms in total. The molecule has 0 aliphatic carbocycles. The highest BCUT2D eigenvalue weighted by atomic mass is 19.4. The molecule has 0 N–H and O–H groups in total. The molecule has 0 spiro atoms. The van der Waals surface area contributed by atoms with E-state index in [1.54, 1.807) is 0 Å². The highest BCUT2D eigenvalue weighted by Crippen LogP contribution is 2.64. The van der Waals surface area contributed by atoms with Gasteiger partial charge in [0.15, 0.2) is 23.3 Å². The predicted molar refractivity (Wildman–Crippen MR) is 77.1 cm³/mol. The zero-order chi connectivity index (χ0) is 33.3. The number of alkyl halides is 17. The monoisotopic (exact) mass is 664 g/mol. The van der Waals surface area contributed by atoms with E-state index in [1.807, 2.05) is 4.74 Å². The number of halogens is 24. The molecular formula is C16F24O. The summed E-state index contributed by atoms with van der Waals surface area (Å²) < 4.78 is 318. The standard InChI is InChI=1S/C16F24O/c17-2-1(3(18)5(20)6(21)4(2)19)7(8(22)23)41-16(39,40)14(34,35)12(30,31)10(26,27)9(24,25)11(28,29)13(32,33)15(36,37)38. The summed E-state index contributed by atoms with van der Waals surface area (Å²) in [7, 11) is 0. The SMILES string of the molecule is FC(F)=C(OC(F)(F)C(F)(F)C(F)(F)C(F)(F)C(F)(F)C(F)(F)C(F)(F)C(F)(F)F)c1c(F)c(F)c(F)c(F)c1F. The molecule has 0 saturated heterocycles. The molecule has 238 valence electrons. The summed E-state index contributed by atoms with van der Waals surface area (Å²) in [5.41, 5.74) is -3.53. The molecule has 1 aromatic carbocycles. The van der Waals surface area contributed by atoms with Crippen LogP contribution >= 0.6 is 0 Å². The topological polar surface area (TPSA) is 9.23 Å². The van der Waals surface area contributed by atoms with Gasteiger partial charge in [0.1, 0.15) is 5.56 Å². The number of hydrogen-bond donors (Lipinski definition) is 0. The third kappa shape index (κ3) is 4.84. The number of hydrogen-bond acceptors (Lipinski definition) is 1. The van der Waals surface area contributed by atoms with Crippen molar-refractivity contribution in [1.29, 1.82) is 0 Å². The highest BCUT2D eigenvalue weighted by molar-refractivity contribution is 5.62. The van der Waals surface area contributed by atoms with Crippen molar-refractivity contribution in [3.63, 3.8) is 0 Å². The summed E-state index contributed by atoms with van der Waals surface area (Å²) in [5.74, 6) is -75.1. The zero-order valence-electron chi connectivity index (χ0n) is 17.5. The van der Waals surface area contributed by atoms with Crippen LogP contribution in [0.4, 0.5) is 105 Å². The molecule has 1 aromatic rings. The van der Waals surface area contributed by atoms with Crippen LogP contribution < -0.4 is 0 Å². The van der Waals surface area contributed by atoms with Gasteiger partial charge in [0, 0.05) is 0 Å². The number of benzene rings is 1. The molecule has 0 heterocycles. The second-order valence-electron chi connectivity index (χ2n) is 7.10. The van der Waals surface area contributed by atoms with Crippen LogP contribution in [0, 0.1) is 29.1 Å². The van der Waals surface area contributed by atoms with E-state index in [-0.39, 0.29) is 0 Å². The maximum Gasteiger partial charge on any atom is 0.471 e. The molecule has 25 heteroatoms. The van der Waals surface area contributed by atoms with Gasteiger partial charge in [-0.2, -0.15) is 83.4 Å². The lowest BCUT2D eigenvalue weighted by Crippen LogP contribution is -2.74. The summed E-state index contributed by atoms with van der Waals surface area (Å²) in [6.07, 6.45) is -20.6. The average Bonchev–Trinajstić information content (AvgIpc) is 2.79. The Kier molecular flexibility index (Phi) is 8.66. The van der Waals surface area contributed by atoms with Crippen molar-refractivity contribution in [2.24, 2.45) is 0 Å². The van der Waals surface area contributed by atoms with Gasteiger partial charge in [0.05, 0.1) is 0 Å². The van der Waals surface area contributed by atoms with Crippen LogP contribution in [-0.2, 0) is 4.74 Å². The Morgan fingerprint density at radius 1 is 0.390 bits per heavy atom. The second-order valence-corrected chi connectivity index (χ2v) is 7.10. The Labute approximate surface area is 205 Å². The fraction of sp³-hybridized carbons (Fsp3) is 0.500. The van der Waals surface area contributed by atoms with Crippen LogP contribution in [0.3, 0.4) is 0 Å². The second kappa shape index (κ2) is 9.83. The minimum Gasteiger partial charge on any atom is -0.421 e. The van der Waals surface area contributed by atoms with Gasteiger partial charge in [0.25, 0.3) is 0 Å². The first-order valence-electron chi connectivity index (χ1n) is 8.69. The van der Waals surface area contributed by atoms with E-state index in [0.717, 1.165) is 0 Å². The van der Waals surface area contributed by atoms with Gasteiger partial charge in [-0.25, -0.2) is 22.0 Å². The quantitative estimate of drug-likeness (QED) is 0.111. The molecule has 0 bridgehead atoms. The first kappa shape index (κ1) is 36.1. The fourth-order valence-electron chi connectivity index (χ4n) is 2.33. The minimum atomic E-state index is -9.17. The largest absolute Gasteiger partial charge is 0.471 e. The summed E-state index contributed by atoms with van der Waals surface area (Å²) in [6, 6.07) is 0. The van der Waals surface area contributed by atoms with Crippen LogP contribution in [-0.4, -0.2) is 47.8 Å². The smallest absolute Gasteiger partial charge is 0.421 e. The van der Waals surface area contributed by atoms with Crippen molar-refractivity contribution < 1.29 is 110 Å². The molecule has 0 amide bonds. The van der Waals surface area contributed by atoms with Crippen molar-refractivity contribution in [1.82, 2.24) is 0 Å². The van der Waals surface area contributed by atoms with Crippen LogP contribution in [0.2, 0.25) is 0 Å². The molecule has 0 aliphatic heterocycles. The van der Waals surface area contributed by atoms with Crippen LogP contribution in [0.25, 0.3) is 5.76 Å². The van der Waals surface area contributed by atoms with Crippen LogP contribution in [0.1, 0.15) is 5.56 Å². The third-order valence-electron chi connectivity index (χ3n) is 4.53. The molecule has 41 heavy (non-hydrogen) atoms. The average molecular weight is 664 g/mol. The first-order valence-corrected chi connectivity index (χ1v) is 8.69. The molecule has 0 aliphatic rings. The normalized spacial score (nSPS) is 14.8. The van der Waals surface area contributed by atoms with Crippen LogP contribution in [0.5, 0.6) is 0 Å². The lowest BCUT2D eigenvalue weighted by molar-refractivity contribution is -0.473. The van der Waals surface area contributed by atoms with E-state index >= 15 is 0 Å². The van der Waals surface area contributed by atoms with E-state index in [9.17, 15) is 105 Å². The van der Waals surface area contributed by atoms with Gasteiger partial charge in [-0.3, -0.25) is 0 Å². The van der Waals surface area contributed by atoms with Gasteiger partial charge in [-0.1, -0.05) is 0 Å². The Morgan fingerprint density at radius 2 is 0.659 bits per heavy atom. The van der Waals surface area contributed by atoms with E-state index in [1.165, 1.54) is 0 Å². The van der Waals surface area contributed by atoms with Gasteiger partial charge in [-0.05, 0) is 0 Å². The first-order chi connectivity index (χ1) is 17.7. The maximum atomic E-state index is 13.8. The molecule has 0 aromatic heterocycles. The Morgan fingerprint density at radius 3 is 0.951 bits per heavy atom. The Bertz CT molecular complexity index is 1170. The molecule has 0 radical (unpaired) electrons. The van der Waals surface area contributed by atoms with Crippen LogP contribution in [0.15, 0.2) is 6.08 Å². The van der Waals surface area contributed by atoms with Gasteiger partial charge >= 0.3 is 53.9 Å². The summed E-state index contributed by atoms with van der Waals surface area (Å²) >= 11 is 0. The number of rotatable bonds is 9. The summed E-state index contributed by atoms with van der Waals surface area (Å²) in [5, 5.41) is 0. The van der Waals surface area contributed by atoms with Crippen molar-refractivity contribution in [2.75, 3.05) is 0 Å². The van der Waals surface area contributed by atoms with Crippen molar-refractivity contribution in [2.45, 2.75) is 47.8 Å². The summed E-state index contributed by atoms with van der Waals surface area (Å²) in [4.78, 5) is 0. The van der Waals surface area contributed by atoms with Gasteiger partial charge < -0.3 is 4.74 Å². The Balaban J connectivity index is 3.86. The molecule has 0 fully saturated rings. The fourth-order valence-corrected chi connectivity index (χ4v) is 2.33.